The number of hydrogen-bond donors (Lipinski definition) is 1. The maximum atomic E-state index is 6.03. The van der Waals surface area contributed by atoms with Gasteiger partial charge in [-0.1, -0.05) is 13.8 Å². The molecule has 96 valence electrons. The Morgan fingerprint density at radius 2 is 2.00 bits per heavy atom. The molecule has 0 heterocycles. The van der Waals surface area contributed by atoms with E-state index >= 15 is 0 Å². The van der Waals surface area contributed by atoms with Crippen LogP contribution >= 0.6 is 0 Å². The normalized spacial score (nSPS) is 31.5. The highest BCUT2D eigenvalue weighted by atomic mass is 16.6. The van der Waals surface area contributed by atoms with Crippen molar-refractivity contribution in [1.29, 1.82) is 0 Å². The van der Waals surface area contributed by atoms with E-state index < -0.39 is 0 Å². The van der Waals surface area contributed by atoms with Crippen molar-refractivity contribution in [3.63, 3.8) is 0 Å². The Labute approximate surface area is 99.9 Å². The van der Waals surface area contributed by atoms with Crippen LogP contribution in [-0.2, 0) is 9.47 Å². The molecule has 16 heavy (non-hydrogen) atoms. The molecular weight excluding hydrogens is 202 g/mol. The van der Waals surface area contributed by atoms with Gasteiger partial charge in [-0.15, -0.1) is 0 Å². The molecule has 4 unspecified atom stereocenters. The SMILES string of the molecule is CCOC1C(NC)CC1OC(C)CC(C)C. The van der Waals surface area contributed by atoms with Crippen LogP contribution in [0.1, 0.15) is 40.5 Å². The summed E-state index contributed by atoms with van der Waals surface area (Å²) in [5.74, 6) is 0.695. The van der Waals surface area contributed by atoms with E-state index in [1.165, 1.54) is 0 Å². The van der Waals surface area contributed by atoms with E-state index in [1.807, 2.05) is 14.0 Å². The molecule has 0 aromatic rings. The molecule has 0 radical (unpaired) electrons. The number of nitrogens with one attached hydrogen (secondary N) is 1. The Balaban J connectivity index is 2.31. The predicted octanol–water partition coefficient (Wildman–Crippen LogP) is 2.20. The van der Waals surface area contributed by atoms with Gasteiger partial charge in [0.15, 0.2) is 0 Å². The van der Waals surface area contributed by atoms with Crippen molar-refractivity contribution in [3.8, 4) is 0 Å². The highest BCUT2D eigenvalue weighted by Crippen LogP contribution is 2.29. The summed E-state index contributed by atoms with van der Waals surface area (Å²) in [6, 6.07) is 0.469. The molecule has 0 aliphatic heterocycles. The summed E-state index contributed by atoms with van der Waals surface area (Å²) in [5, 5.41) is 3.28. The fourth-order valence-electron chi connectivity index (χ4n) is 2.43. The average molecular weight is 229 g/mol. The molecule has 0 spiro atoms. The number of likely N-dealkylation sites (N-methyl/N-ethyl adjacent to an activating group) is 1. The van der Waals surface area contributed by atoms with Gasteiger partial charge >= 0.3 is 0 Å². The monoisotopic (exact) mass is 229 g/mol. The van der Waals surface area contributed by atoms with Crippen LogP contribution in [0.15, 0.2) is 0 Å². The lowest BCUT2D eigenvalue weighted by atomic mass is 9.85. The summed E-state index contributed by atoms with van der Waals surface area (Å²) in [5.41, 5.74) is 0. The molecule has 0 aromatic heterocycles. The van der Waals surface area contributed by atoms with Crippen LogP contribution in [0.2, 0.25) is 0 Å². The Kier molecular flexibility index (Phi) is 5.73. The van der Waals surface area contributed by atoms with Gasteiger partial charge in [-0.05, 0) is 39.7 Å². The Morgan fingerprint density at radius 3 is 2.50 bits per heavy atom. The lowest BCUT2D eigenvalue weighted by Crippen LogP contribution is -2.59. The lowest BCUT2D eigenvalue weighted by Gasteiger charge is -2.44. The molecule has 0 saturated heterocycles. The van der Waals surface area contributed by atoms with Crippen molar-refractivity contribution in [2.45, 2.75) is 64.9 Å². The number of hydrogen-bond acceptors (Lipinski definition) is 3. The minimum atomic E-state index is 0.240. The van der Waals surface area contributed by atoms with Crippen LogP contribution in [0.4, 0.5) is 0 Å². The zero-order valence-electron chi connectivity index (χ0n) is 11.3. The molecule has 0 bridgehead atoms. The van der Waals surface area contributed by atoms with Crippen LogP contribution in [0.5, 0.6) is 0 Å². The minimum Gasteiger partial charge on any atom is -0.374 e. The highest BCUT2D eigenvalue weighted by Gasteiger charge is 2.42. The molecule has 1 N–H and O–H groups in total. The quantitative estimate of drug-likeness (QED) is 0.726. The summed E-state index contributed by atoms with van der Waals surface area (Å²) in [7, 11) is 1.99. The van der Waals surface area contributed by atoms with Crippen LogP contribution in [0, 0.1) is 5.92 Å². The molecule has 1 aliphatic rings. The van der Waals surface area contributed by atoms with Crippen molar-refractivity contribution in [1.82, 2.24) is 5.32 Å². The number of rotatable bonds is 7. The molecule has 1 aliphatic carbocycles. The standard InChI is InChI=1S/C13H27NO2/c1-6-15-13-11(14-5)8-12(13)16-10(4)7-9(2)3/h9-14H,6-8H2,1-5H3. The maximum absolute atomic E-state index is 6.03. The van der Waals surface area contributed by atoms with Crippen molar-refractivity contribution in [2.75, 3.05) is 13.7 Å². The van der Waals surface area contributed by atoms with Crippen molar-refractivity contribution >= 4 is 0 Å². The largest absolute Gasteiger partial charge is 0.374 e. The topological polar surface area (TPSA) is 30.5 Å². The zero-order chi connectivity index (χ0) is 12.1. The van der Waals surface area contributed by atoms with Crippen molar-refractivity contribution in [2.24, 2.45) is 5.92 Å². The van der Waals surface area contributed by atoms with Gasteiger partial charge in [0, 0.05) is 12.6 Å². The first-order valence-corrected chi connectivity index (χ1v) is 6.52. The molecule has 1 rings (SSSR count). The molecular formula is C13H27NO2. The van der Waals surface area contributed by atoms with Crippen LogP contribution < -0.4 is 5.32 Å². The third-order valence-corrected chi connectivity index (χ3v) is 3.19. The summed E-state index contributed by atoms with van der Waals surface area (Å²) in [6.45, 7) is 9.44. The van der Waals surface area contributed by atoms with Gasteiger partial charge in [0.2, 0.25) is 0 Å². The lowest BCUT2D eigenvalue weighted by molar-refractivity contribution is -0.164. The summed E-state index contributed by atoms with van der Waals surface area (Å²) >= 11 is 0. The van der Waals surface area contributed by atoms with E-state index in [0.29, 0.717) is 18.1 Å². The first-order valence-electron chi connectivity index (χ1n) is 6.52. The van der Waals surface area contributed by atoms with Crippen molar-refractivity contribution in [3.05, 3.63) is 0 Å². The molecule has 0 amide bonds. The van der Waals surface area contributed by atoms with Crippen molar-refractivity contribution < 1.29 is 9.47 Å². The third-order valence-electron chi connectivity index (χ3n) is 3.19. The molecule has 3 nitrogen and oxygen atoms in total. The second-order valence-corrected chi connectivity index (χ2v) is 5.17. The Bertz CT molecular complexity index is 196. The highest BCUT2D eigenvalue weighted by molar-refractivity contribution is 4.96. The zero-order valence-corrected chi connectivity index (χ0v) is 11.3. The van der Waals surface area contributed by atoms with Gasteiger partial charge in [0.25, 0.3) is 0 Å². The van der Waals surface area contributed by atoms with E-state index in [9.17, 15) is 0 Å². The minimum absolute atomic E-state index is 0.240. The van der Waals surface area contributed by atoms with Gasteiger partial charge in [-0.25, -0.2) is 0 Å². The summed E-state index contributed by atoms with van der Waals surface area (Å²) in [6.07, 6.45) is 3.06. The fourth-order valence-corrected chi connectivity index (χ4v) is 2.43. The smallest absolute Gasteiger partial charge is 0.0990 e. The van der Waals surface area contributed by atoms with Gasteiger partial charge < -0.3 is 14.8 Å². The van der Waals surface area contributed by atoms with E-state index in [4.69, 9.17) is 9.47 Å². The van der Waals surface area contributed by atoms with E-state index in [-0.39, 0.29) is 12.2 Å². The second-order valence-electron chi connectivity index (χ2n) is 5.17. The third kappa shape index (κ3) is 3.72. The molecule has 3 heteroatoms. The average Bonchev–Trinajstić information content (AvgIpc) is 2.19. The Morgan fingerprint density at radius 1 is 1.31 bits per heavy atom. The first-order chi connectivity index (χ1) is 7.58. The summed E-state index contributed by atoms with van der Waals surface area (Å²) < 4.78 is 11.7. The predicted molar refractivity (Wildman–Crippen MR) is 66.7 cm³/mol. The van der Waals surface area contributed by atoms with Crippen LogP contribution in [-0.4, -0.2) is 38.0 Å². The van der Waals surface area contributed by atoms with E-state index in [0.717, 1.165) is 19.4 Å². The molecule has 1 saturated carbocycles. The van der Waals surface area contributed by atoms with Gasteiger partial charge in [-0.3, -0.25) is 0 Å². The molecule has 1 fully saturated rings. The summed E-state index contributed by atoms with van der Waals surface area (Å²) in [4.78, 5) is 0. The van der Waals surface area contributed by atoms with Gasteiger partial charge in [0.1, 0.15) is 0 Å². The van der Waals surface area contributed by atoms with E-state index in [2.05, 4.69) is 26.1 Å². The van der Waals surface area contributed by atoms with E-state index in [1.54, 1.807) is 0 Å². The maximum Gasteiger partial charge on any atom is 0.0990 e. The van der Waals surface area contributed by atoms with Crippen LogP contribution in [0.3, 0.4) is 0 Å². The fraction of sp³-hybridized carbons (Fsp3) is 1.00. The number of ether oxygens (including phenoxy) is 2. The van der Waals surface area contributed by atoms with Gasteiger partial charge in [-0.2, -0.15) is 0 Å². The molecule has 4 atom stereocenters. The second kappa shape index (κ2) is 6.58. The van der Waals surface area contributed by atoms with Gasteiger partial charge in [0.05, 0.1) is 18.3 Å². The first kappa shape index (κ1) is 13.9. The van der Waals surface area contributed by atoms with Crippen LogP contribution in [0.25, 0.3) is 0 Å². The Hall–Kier alpha value is -0.120. The molecule has 0 aromatic carbocycles.